The third-order valence-electron chi connectivity index (χ3n) is 2.44. The first-order chi connectivity index (χ1) is 7.24. The average Bonchev–Trinajstić information content (AvgIpc) is 2.54. The highest BCUT2D eigenvalue weighted by Gasteiger charge is 2.09. The topological polar surface area (TPSA) is 51.2 Å². The van der Waals surface area contributed by atoms with E-state index >= 15 is 0 Å². The Morgan fingerprint density at radius 2 is 2.20 bits per heavy atom. The summed E-state index contributed by atoms with van der Waals surface area (Å²) in [5.74, 6) is 0.311. The smallest absolute Gasteiger partial charge is 0.126 e. The number of phenols is 1. The zero-order valence-electron chi connectivity index (χ0n) is 8.28. The molecule has 3 nitrogen and oxygen atoms in total. The number of nitrogens with two attached hydrogens (primary N) is 1. The fourth-order valence-electron chi connectivity index (χ4n) is 1.73. The van der Waals surface area contributed by atoms with Crippen molar-refractivity contribution in [2.75, 3.05) is 6.54 Å². The van der Waals surface area contributed by atoms with Crippen LogP contribution in [0.4, 0.5) is 0 Å². The van der Waals surface area contributed by atoms with E-state index in [1.807, 2.05) is 18.3 Å². The van der Waals surface area contributed by atoms with E-state index in [9.17, 15) is 5.11 Å². The molecule has 3 N–H and O–H groups in total. The highest BCUT2D eigenvalue weighted by Crippen LogP contribution is 2.33. The molecule has 0 unspecified atom stereocenters. The molecule has 0 amide bonds. The zero-order chi connectivity index (χ0) is 10.8. The van der Waals surface area contributed by atoms with Gasteiger partial charge in [-0.3, -0.25) is 0 Å². The fourth-order valence-corrected chi connectivity index (χ4v) is 2.38. The molecule has 1 heterocycles. The van der Waals surface area contributed by atoms with Crippen LogP contribution in [-0.4, -0.2) is 16.2 Å². The summed E-state index contributed by atoms with van der Waals surface area (Å²) in [7, 11) is 0. The molecule has 0 saturated heterocycles. The van der Waals surface area contributed by atoms with E-state index in [2.05, 4.69) is 20.5 Å². The number of aromatic hydroxyl groups is 1. The SMILES string of the molecule is NCCCn1cc(Br)c2c(O)cccc21. The maximum absolute atomic E-state index is 9.72. The summed E-state index contributed by atoms with van der Waals surface area (Å²) in [6.07, 6.45) is 2.92. The van der Waals surface area contributed by atoms with E-state index in [0.717, 1.165) is 28.3 Å². The zero-order valence-corrected chi connectivity index (χ0v) is 9.87. The molecule has 2 aromatic rings. The van der Waals surface area contributed by atoms with E-state index in [1.165, 1.54) is 0 Å². The molecular formula is C11H13BrN2O. The quantitative estimate of drug-likeness (QED) is 0.899. The van der Waals surface area contributed by atoms with Crippen LogP contribution in [0.5, 0.6) is 5.75 Å². The van der Waals surface area contributed by atoms with E-state index in [-0.39, 0.29) is 0 Å². The van der Waals surface area contributed by atoms with Gasteiger partial charge < -0.3 is 15.4 Å². The van der Waals surface area contributed by atoms with Gasteiger partial charge in [-0.05, 0) is 41.0 Å². The second-order valence-electron chi connectivity index (χ2n) is 3.48. The van der Waals surface area contributed by atoms with Crippen LogP contribution in [0.25, 0.3) is 10.9 Å². The largest absolute Gasteiger partial charge is 0.507 e. The first-order valence-corrected chi connectivity index (χ1v) is 5.69. The summed E-state index contributed by atoms with van der Waals surface area (Å²) in [6, 6.07) is 5.54. The minimum absolute atomic E-state index is 0.311. The van der Waals surface area contributed by atoms with Gasteiger partial charge in [-0.2, -0.15) is 0 Å². The first-order valence-electron chi connectivity index (χ1n) is 4.90. The van der Waals surface area contributed by atoms with Crippen molar-refractivity contribution in [3.8, 4) is 5.75 Å². The third kappa shape index (κ3) is 1.87. The van der Waals surface area contributed by atoms with Gasteiger partial charge in [0.25, 0.3) is 0 Å². The summed E-state index contributed by atoms with van der Waals surface area (Å²) in [6.45, 7) is 1.55. The van der Waals surface area contributed by atoms with Gasteiger partial charge >= 0.3 is 0 Å². The standard InChI is InChI=1S/C11H13BrN2O/c12-8-7-14(6-2-5-13)9-3-1-4-10(15)11(8)9/h1,3-4,7,15H,2,5-6,13H2. The predicted octanol–water partition coefficient (Wildman–Crippen LogP) is 2.46. The number of fused-ring (bicyclic) bond motifs is 1. The lowest BCUT2D eigenvalue weighted by molar-refractivity contribution is 0.481. The molecular weight excluding hydrogens is 256 g/mol. The van der Waals surface area contributed by atoms with Crippen LogP contribution < -0.4 is 5.73 Å². The molecule has 2 rings (SSSR count). The second kappa shape index (κ2) is 4.24. The van der Waals surface area contributed by atoms with Gasteiger partial charge in [0.1, 0.15) is 5.75 Å². The van der Waals surface area contributed by atoms with Crippen LogP contribution in [-0.2, 0) is 6.54 Å². The van der Waals surface area contributed by atoms with E-state index < -0.39 is 0 Å². The highest BCUT2D eigenvalue weighted by molar-refractivity contribution is 9.10. The van der Waals surface area contributed by atoms with Crippen molar-refractivity contribution in [2.24, 2.45) is 5.73 Å². The maximum Gasteiger partial charge on any atom is 0.126 e. The Hall–Kier alpha value is -1.00. The highest BCUT2D eigenvalue weighted by atomic mass is 79.9. The van der Waals surface area contributed by atoms with E-state index in [1.54, 1.807) is 6.07 Å². The van der Waals surface area contributed by atoms with Gasteiger partial charge in [-0.25, -0.2) is 0 Å². The normalized spacial score (nSPS) is 11.1. The lowest BCUT2D eigenvalue weighted by Crippen LogP contribution is -2.04. The molecule has 0 aliphatic carbocycles. The summed E-state index contributed by atoms with van der Waals surface area (Å²) >= 11 is 3.45. The van der Waals surface area contributed by atoms with Crippen LogP contribution >= 0.6 is 15.9 Å². The number of halogens is 1. The Kier molecular flexibility index (Phi) is 2.98. The molecule has 4 heteroatoms. The van der Waals surface area contributed by atoms with Gasteiger partial charge in [-0.1, -0.05) is 6.07 Å². The second-order valence-corrected chi connectivity index (χ2v) is 4.34. The van der Waals surface area contributed by atoms with Crippen LogP contribution in [0, 0.1) is 0 Å². The Morgan fingerprint density at radius 3 is 2.93 bits per heavy atom. The van der Waals surface area contributed by atoms with Crippen molar-refractivity contribution >= 4 is 26.8 Å². The Bertz CT molecular complexity index is 479. The number of phenolic OH excluding ortho intramolecular Hbond substituents is 1. The molecule has 80 valence electrons. The van der Waals surface area contributed by atoms with Gasteiger partial charge in [-0.15, -0.1) is 0 Å². The lowest BCUT2D eigenvalue weighted by atomic mass is 10.2. The minimum atomic E-state index is 0.311. The number of hydrogen-bond donors (Lipinski definition) is 2. The van der Waals surface area contributed by atoms with Crippen LogP contribution in [0.2, 0.25) is 0 Å². The van der Waals surface area contributed by atoms with Crippen molar-refractivity contribution < 1.29 is 5.11 Å². The molecule has 0 aliphatic rings. The van der Waals surface area contributed by atoms with Gasteiger partial charge in [0.15, 0.2) is 0 Å². The predicted molar refractivity (Wildman–Crippen MR) is 65.0 cm³/mol. The molecule has 0 saturated carbocycles. The number of aromatic nitrogens is 1. The van der Waals surface area contributed by atoms with Crippen LogP contribution in [0.15, 0.2) is 28.9 Å². The Labute approximate surface area is 96.6 Å². The summed E-state index contributed by atoms with van der Waals surface area (Å²) in [5.41, 5.74) is 6.52. The maximum atomic E-state index is 9.72. The molecule has 0 radical (unpaired) electrons. The van der Waals surface area contributed by atoms with Crippen molar-refractivity contribution in [2.45, 2.75) is 13.0 Å². The van der Waals surface area contributed by atoms with Crippen molar-refractivity contribution in [1.29, 1.82) is 0 Å². The molecule has 0 spiro atoms. The molecule has 1 aromatic heterocycles. The average molecular weight is 269 g/mol. The molecule has 0 aliphatic heterocycles. The molecule has 15 heavy (non-hydrogen) atoms. The number of rotatable bonds is 3. The summed E-state index contributed by atoms with van der Waals surface area (Å²) < 4.78 is 3.03. The minimum Gasteiger partial charge on any atom is -0.507 e. The molecule has 0 bridgehead atoms. The number of hydrogen-bond acceptors (Lipinski definition) is 2. The molecule has 1 aromatic carbocycles. The number of aryl methyl sites for hydroxylation is 1. The van der Waals surface area contributed by atoms with Gasteiger partial charge in [0, 0.05) is 17.2 Å². The van der Waals surface area contributed by atoms with Crippen molar-refractivity contribution in [3.05, 3.63) is 28.9 Å². The van der Waals surface area contributed by atoms with Gasteiger partial charge in [0.2, 0.25) is 0 Å². The van der Waals surface area contributed by atoms with Crippen LogP contribution in [0.3, 0.4) is 0 Å². The summed E-state index contributed by atoms with van der Waals surface area (Å²) in [4.78, 5) is 0. The van der Waals surface area contributed by atoms with Crippen molar-refractivity contribution in [1.82, 2.24) is 4.57 Å². The molecule has 0 atom stereocenters. The summed E-state index contributed by atoms with van der Waals surface area (Å²) in [5, 5.41) is 10.6. The Morgan fingerprint density at radius 1 is 1.40 bits per heavy atom. The monoisotopic (exact) mass is 268 g/mol. The lowest BCUT2D eigenvalue weighted by Gasteiger charge is -2.03. The van der Waals surface area contributed by atoms with E-state index in [0.29, 0.717) is 12.3 Å². The van der Waals surface area contributed by atoms with Crippen LogP contribution in [0.1, 0.15) is 6.42 Å². The number of benzene rings is 1. The first kappa shape index (κ1) is 10.5. The third-order valence-corrected chi connectivity index (χ3v) is 3.04. The number of nitrogens with zero attached hydrogens (tertiary/aromatic N) is 1. The van der Waals surface area contributed by atoms with Gasteiger partial charge in [0.05, 0.1) is 10.9 Å². The van der Waals surface area contributed by atoms with E-state index in [4.69, 9.17) is 5.73 Å². The molecule has 0 fully saturated rings. The Balaban J connectivity index is 2.53. The fraction of sp³-hybridized carbons (Fsp3) is 0.273. The van der Waals surface area contributed by atoms with Crippen molar-refractivity contribution in [3.63, 3.8) is 0 Å².